The predicted molar refractivity (Wildman–Crippen MR) is 59.0 cm³/mol. The van der Waals surface area contributed by atoms with Crippen LogP contribution in [0.5, 0.6) is 0 Å². The van der Waals surface area contributed by atoms with E-state index in [2.05, 4.69) is 12.7 Å². The summed E-state index contributed by atoms with van der Waals surface area (Å²) >= 11 is 0. The fraction of sp³-hybridized carbons (Fsp3) is 0.583. The van der Waals surface area contributed by atoms with E-state index < -0.39 is 0 Å². The molecule has 0 spiro atoms. The Kier molecular flexibility index (Phi) is 7.90. The smallest absolute Gasteiger partial charge is 0.309 e. The van der Waals surface area contributed by atoms with E-state index in [0.717, 1.165) is 12.8 Å². The fourth-order valence-corrected chi connectivity index (χ4v) is 1.26. The van der Waals surface area contributed by atoms with Crippen molar-refractivity contribution in [3.63, 3.8) is 0 Å². The lowest BCUT2D eigenvalue weighted by Gasteiger charge is -2.12. The number of rotatable bonds is 7. The van der Waals surface area contributed by atoms with Gasteiger partial charge in [0.25, 0.3) is 0 Å². The zero-order valence-corrected chi connectivity index (χ0v) is 9.16. The summed E-state index contributed by atoms with van der Waals surface area (Å²) in [5.74, 6) is -0.124. The lowest BCUT2D eigenvalue weighted by molar-refractivity contribution is -0.148. The molecule has 2 heteroatoms. The van der Waals surface area contributed by atoms with Crippen molar-refractivity contribution >= 4 is 5.97 Å². The van der Waals surface area contributed by atoms with Crippen molar-refractivity contribution in [2.24, 2.45) is 5.92 Å². The summed E-state index contributed by atoms with van der Waals surface area (Å²) in [4.78, 5) is 11.4. The Bertz CT molecular complexity index is 194. The summed E-state index contributed by atoms with van der Waals surface area (Å²) in [6.07, 6.45) is 8.31. The van der Waals surface area contributed by atoms with Gasteiger partial charge in [0, 0.05) is 0 Å². The second kappa shape index (κ2) is 8.54. The molecule has 0 aromatic rings. The molecule has 14 heavy (non-hydrogen) atoms. The third kappa shape index (κ3) is 5.57. The molecule has 0 amide bonds. The maximum atomic E-state index is 11.4. The number of hydrogen-bond donors (Lipinski definition) is 0. The zero-order chi connectivity index (χ0) is 10.8. The van der Waals surface area contributed by atoms with E-state index in [1.165, 1.54) is 0 Å². The first-order valence-electron chi connectivity index (χ1n) is 5.14. The Morgan fingerprint density at radius 3 is 2.79 bits per heavy atom. The van der Waals surface area contributed by atoms with Gasteiger partial charge in [-0.3, -0.25) is 4.79 Å². The lowest BCUT2D eigenvalue weighted by atomic mass is 9.99. The maximum Gasteiger partial charge on any atom is 0.309 e. The van der Waals surface area contributed by atoms with Gasteiger partial charge in [-0.2, -0.15) is 0 Å². The van der Waals surface area contributed by atoms with Crippen molar-refractivity contribution in [2.75, 3.05) is 6.61 Å². The second-order valence-electron chi connectivity index (χ2n) is 3.12. The summed E-state index contributed by atoms with van der Waals surface area (Å²) in [5, 5.41) is 0. The topological polar surface area (TPSA) is 26.3 Å². The largest absolute Gasteiger partial charge is 0.466 e. The van der Waals surface area contributed by atoms with Crippen LogP contribution in [-0.4, -0.2) is 12.6 Å². The van der Waals surface area contributed by atoms with E-state index >= 15 is 0 Å². The molecule has 0 aliphatic carbocycles. The van der Waals surface area contributed by atoms with Gasteiger partial charge >= 0.3 is 5.97 Å². The van der Waals surface area contributed by atoms with E-state index in [-0.39, 0.29) is 11.9 Å². The van der Waals surface area contributed by atoms with Gasteiger partial charge in [0.1, 0.15) is 0 Å². The van der Waals surface area contributed by atoms with Gasteiger partial charge in [-0.1, -0.05) is 18.2 Å². The van der Waals surface area contributed by atoms with Crippen molar-refractivity contribution in [1.29, 1.82) is 0 Å². The second-order valence-corrected chi connectivity index (χ2v) is 3.12. The van der Waals surface area contributed by atoms with Gasteiger partial charge in [0.05, 0.1) is 12.5 Å². The van der Waals surface area contributed by atoms with E-state index in [1.54, 1.807) is 6.08 Å². The molecule has 0 N–H and O–H groups in total. The van der Waals surface area contributed by atoms with Crippen LogP contribution in [0.25, 0.3) is 0 Å². The van der Waals surface area contributed by atoms with Crippen LogP contribution in [0.4, 0.5) is 0 Å². The van der Waals surface area contributed by atoms with Crippen LogP contribution in [0.15, 0.2) is 24.8 Å². The molecule has 0 aromatic carbocycles. The highest BCUT2D eigenvalue weighted by atomic mass is 16.5. The SMILES string of the molecule is C=CCC(CC/C=C/C)C(=O)OCC. The molecule has 0 bridgehead atoms. The summed E-state index contributed by atoms with van der Waals surface area (Å²) in [6, 6.07) is 0. The number of allylic oxidation sites excluding steroid dienone is 3. The van der Waals surface area contributed by atoms with Crippen molar-refractivity contribution in [1.82, 2.24) is 0 Å². The standard InChI is InChI=1S/C12H20O2/c1-4-7-8-10-11(9-5-2)12(13)14-6-3/h4-5,7,11H,2,6,8-10H2,1,3H3/b7-4+. The highest BCUT2D eigenvalue weighted by molar-refractivity contribution is 5.72. The predicted octanol–water partition coefficient (Wildman–Crippen LogP) is 3.10. The first-order chi connectivity index (χ1) is 6.76. The van der Waals surface area contributed by atoms with Gasteiger partial charge in [0.15, 0.2) is 0 Å². The minimum absolute atomic E-state index is 0.0244. The number of carbonyl (C=O) groups is 1. The average Bonchev–Trinajstić information content (AvgIpc) is 2.17. The van der Waals surface area contributed by atoms with Crippen LogP contribution in [0, 0.1) is 5.92 Å². The van der Waals surface area contributed by atoms with Crippen molar-refractivity contribution in [3.05, 3.63) is 24.8 Å². The Morgan fingerprint density at radius 2 is 2.29 bits per heavy atom. The molecule has 0 aliphatic rings. The van der Waals surface area contributed by atoms with Gasteiger partial charge in [-0.15, -0.1) is 6.58 Å². The van der Waals surface area contributed by atoms with Crippen LogP contribution in [-0.2, 0) is 9.53 Å². The summed E-state index contributed by atoms with van der Waals surface area (Å²) in [7, 11) is 0. The van der Waals surface area contributed by atoms with Gasteiger partial charge in [0.2, 0.25) is 0 Å². The molecule has 1 atom stereocenters. The number of carbonyl (C=O) groups excluding carboxylic acids is 1. The van der Waals surface area contributed by atoms with Crippen LogP contribution in [0.1, 0.15) is 33.1 Å². The summed E-state index contributed by atoms with van der Waals surface area (Å²) in [6.45, 7) is 7.91. The van der Waals surface area contributed by atoms with Crippen molar-refractivity contribution < 1.29 is 9.53 Å². The lowest BCUT2D eigenvalue weighted by Crippen LogP contribution is -2.17. The van der Waals surface area contributed by atoms with Crippen LogP contribution in [0.3, 0.4) is 0 Å². The van der Waals surface area contributed by atoms with E-state index in [4.69, 9.17) is 4.74 Å². The monoisotopic (exact) mass is 196 g/mol. The van der Waals surface area contributed by atoms with E-state index in [1.807, 2.05) is 19.9 Å². The van der Waals surface area contributed by atoms with E-state index in [9.17, 15) is 4.79 Å². The van der Waals surface area contributed by atoms with Crippen LogP contribution >= 0.6 is 0 Å². The molecular weight excluding hydrogens is 176 g/mol. The quantitative estimate of drug-likeness (QED) is 0.462. The fourth-order valence-electron chi connectivity index (χ4n) is 1.26. The van der Waals surface area contributed by atoms with Crippen molar-refractivity contribution in [2.45, 2.75) is 33.1 Å². The third-order valence-corrected chi connectivity index (χ3v) is 1.99. The van der Waals surface area contributed by atoms with Gasteiger partial charge in [-0.05, 0) is 33.1 Å². The molecule has 0 saturated heterocycles. The van der Waals surface area contributed by atoms with E-state index in [0.29, 0.717) is 13.0 Å². The Labute approximate surface area is 86.6 Å². The van der Waals surface area contributed by atoms with Crippen molar-refractivity contribution in [3.8, 4) is 0 Å². The van der Waals surface area contributed by atoms with Crippen LogP contribution in [0.2, 0.25) is 0 Å². The molecule has 0 saturated carbocycles. The number of esters is 1. The molecule has 0 heterocycles. The van der Waals surface area contributed by atoms with Gasteiger partial charge in [-0.25, -0.2) is 0 Å². The minimum atomic E-state index is -0.100. The van der Waals surface area contributed by atoms with Crippen LogP contribution < -0.4 is 0 Å². The highest BCUT2D eigenvalue weighted by Crippen LogP contribution is 2.14. The molecule has 80 valence electrons. The molecule has 2 nitrogen and oxygen atoms in total. The number of hydrogen-bond acceptors (Lipinski definition) is 2. The average molecular weight is 196 g/mol. The minimum Gasteiger partial charge on any atom is -0.466 e. The Morgan fingerprint density at radius 1 is 1.57 bits per heavy atom. The highest BCUT2D eigenvalue weighted by Gasteiger charge is 2.16. The molecule has 0 fully saturated rings. The molecule has 0 rings (SSSR count). The molecule has 1 unspecified atom stereocenters. The number of ether oxygens (including phenoxy) is 1. The zero-order valence-electron chi connectivity index (χ0n) is 9.16. The first kappa shape index (κ1) is 12.9. The Balaban J connectivity index is 3.99. The molecule has 0 radical (unpaired) electrons. The maximum absolute atomic E-state index is 11.4. The molecule has 0 aromatic heterocycles. The Hall–Kier alpha value is -1.05. The molecule has 0 aliphatic heterocycles. The third-order valence-electron chi connectivity index (χ3n) is 1.99. The summed E-state index contributed by atoms with van der Waals surface area (Å²) in [5.41, 5.74) is 0. The summed E-state index contributed by atoms with van der Waals surface area (Å²) < 4.78 is 4.98. The normalized spacial score (nSPS) is 12.7. The van der Waals surface area contributed by atoms with Gasteiger partial charge < -0.3 is 4.74 Å². The first-order valence-corrected chi connectivity index (χ1v) is 5.14. The molecular formula is C12H20O2.